The van der Waals surface area contributed by atoms with Crippen LogP contribution in [0.5, 0.6) is 0 Å². The number of nitrogens with zero attached hydrogens (tertiary/aromatic N) is 1. The van der Waals surface area contributed by atoms with Gasteiger partial charge in [-0.25, -0.2) is 0 Å². The molecule has 1 saturated carbocycles. The Bertz CT molecular complexity index is 374. The molecule has 1 rings (SSSR count). The molecule has 7 heteroatoms. The summed E-state index contributed by atoms with van der Waals surface area (Å²) < 4.78 is 5.74. The molecule has 0 radical (unpaired) electrons. The summed E-state index contributed by atoms with van der Waals surface area (Å²) in [5.41, 5.74) is 0. The highest BCUT2D eigenvalue weighted by Crippen LogP contribution is 2.18. The molecule has 1 unspecified atom stereocenters. The fraction of sp³-hybridized carbons (Fsp3) is 0.882. The third-order valence-electron chi connectivity index (χ3n) is 3.88. The summed E-state index contributed by atoms with van der Waals surface area (Å²) in [6, 6.07) is 0.448. The molecule has 1 atom stereocenters. The van der Waals surface area contributed by atoms with Gasteiger partial charge in [0.2, 0.25) is 5.91 Å². The van der Waals surface area contributed by atoms with Crippen molar-refractivity contribution < 1.29 is 9.53 Å². The summed E-state index contributed by atoms with van der Waals surface area (Å²) in [7, 11) is 1.76. The van der Waals surface area contributed by atoms with E-state index in [0.717, 1.165) is 51.3 Å². The third kappa shape index (κ3) is 11.1. The van der Waals surface area contributed by atoms with Crippen LogP contribution in [0, 0.1) is 5.92 Å². The smallest absolute Gasteiger partial charge is 0.220 e. The molecule has 1 aliphatic carbocycles. The topological polar surface area (TPSA) is 74.8 Å². The number of nitrogens with one attached hydrogen (secondary N) is 3. The maximum atomic E-state index is 11.6. The van der Waals surface area contributed by atoms with E-state index in [9.17, 15) is 4.79 Å². The molecule has 3 N–H and O–H groups in total. The van der Waals surface area contributed by atoms with Gasteiger partial charge in [-0.15, -0.1) is 24.0 Å². The van der Waals surface area contributed by atoms with Crippen LogP contribution in [-0.2, 0) is 9.53 Å². The Labute approximate surface area is 164 Å². The summed E-state index contributed by atoms with van der Waals surface area (Å²) in [5.74, 6) is 1.46. The van der Waals surface area contributed by atoms with Crippen LogP contribution in [0.25, 0.3) is 0 Å². The molecule has 0 saturated heterocycles. The van der Waals surface area contributed by atoms with Crippen molar-refractivity contribution in [3.05, 3.63) is 0 Å². The molecule has 0 aromatic heterocycles. The van der Waals surface area contributed by atoms with Crippen molar-refractivity contribution in [3.8, 4) is 0 Å². The highest BCUT2D eigenvalue weighted by atomic mass is 127. The average Bonchev–Trinajstić information content (AvgIpc) is 3.32. The van der Waals surface area contributed by atoms with Crippen LogP contribution in [0.4, 0.5) is 0 Å². The number of amides is 1. The van der Waals surface area contributed by atoms with Crippen molar-refractivity contribution in [1.29, 1.82) is 0 Å². The minimum absolute atomic E-state index is 0. The number of hydrogen-bond donors (Lipinski definition) is 3. The van der Waals surface area contributed by atoms with Crippen molar-refractivity contribution in [2.45, 2.75) is 65.0 Å². The minimum Gasteiger partial charge on any atom is -0.378 e. The van der Waals surface area contributed by atoms with E-state index in [1.54, 1.807) is 7.05 Å². The Hall–Kier alpha value is -0.570. The Morgan fingerprint density at radius 3 is 2.46 bits per heavy atom. The van der Waals surface area contributed by atoms with Crippen LogP contribution >= 0.6 is 24.0 Å². The number of hydrogen-bond acceptors (Lipinski definition) is 3. The van der Waals surface area contributed by atoms with E-state index in [2.05, 4.69) is 34.8 Å². The molecule has 0 spiro atoms. The van der Waals surface area contributed by atoms with Gasteiger partial charge in [-0.05, 0) is 38.5 Å². The zero-order valence-corrected chi connectivity index (χ0v) is 17.9. The quantitative estimate of drug-likeness (QED) is 0.194. The van der Waals surface area contributed by atoms with E-state index < -0.39 is 0 Å². The molecule has 0 heterocycles. The van der Waals surface area contributed by atoms with Crippen LogP contribution in [0.15, 0.2) is 4.99 Å². The first-order chi connectivity index (χ1) is 11.1. The molecule has 0 bridgehead atoms. The maximum Gasteiger partial charge on any atom is 0.220 e. The van der Waals surface area contributed by atoms with E-state index in [0.29, 0.717) is 18.4 Å². The number of ether oxygens (including phenoxy) is 1. The lowest BCUT2D eigenvalue weighted by Gasteiger charge is -2.21. The lowest BCUT2D eigenvalue weighted by atomic mass is 10.0. The van der Waals surface area contributed by atoms with Crippen molar-refractivity contribution in [2.75, 3.05) is 26.7 Å². The van der Waals surface area contributed by atoms with Gasteiger partial charge in [0.25, 0.3) is 0 Å². The standard InChI is InChI=1S/C17H34N4O2.HI/c1-5-23-15(13(2)3)10-12-20-17(18-4)19-11-6-7-16(22)21-14-8-9-14;/h13-15H,5-12H2,1-4H3,(H,21,22)(H2,18,19,20);1H. The highest BCUT2D eigenvalue weighted by Gasteiger charge is 2.22. The van der Waals surface area contributed by atoms with Gasteiger partial charge in [0, 0.05) is 39.2 Å². The largest absolute Gasteiger partial charge is 0.378 e. The summed E-state index contributed by atoms with van der Waals surface area (Å²) >= 11 is 0. The van der Waals surface area contributed by atoms with Crippen molar-refractivity contribution in [1.82, 2.24) is 16.0 Å². The van der Waals surface area contributed by atoms with Gasteiger partial charge in [-0.1, -0.05) is 13.8 Å². The summed E-state index contributed by atoms with van der Waals surface area (Å²) in [4.78, 5) is 15.8. The summed E-state index contributed by atoms with van der Waals surface area (Å²) in [5, 5.41) is 9.55. The summed E-state index contributed by atoms with van der Waals surface area (Å²) in [6.45, 7) is 8.71. The molecule has 6 nitrogen and oxygen atoms in total. The monoisotopic (exact) mass is 454 g/mol. The second-order valence-electron chi connectivity index (χ2n) is 6.40. The molecular formula is C17H35IN4O2. The van der Waals surface area contributed by atoms with Crippen molar-refractivity contribution in [3.63, 3.8) is 0 Å². The van der Waals surface area contributed by atoms with Crippen LogP contribution < -0.4 is 16.0 Å². The van der Waals surface area contributed by atoms with Gasteiger partial charge in [-0.2, -0.15) is 0 Å². The molecule has 0 aromatic rings. The highest BCUT2D eigenvalue weighted by molar-refractivity contribution is 14.0. The molecular weight excluding hydrogens is 419 g/mol. The molecule has 0 aliphatic heterocycles. The third-order valence-corrected chi connectivity index (χ3v) is 3.88. The number of rotatable bonds is 11. The lowest BCUT2D eigenvalue weighted by molar-refractivity contribution is -0.121. The normalized spacial score (nSPS) is 15.6. The maximum absolute atomic E-state index is 11.6. The van der Waals surface area contributed by atoms with E-state index in [4.69, 9.17) is 4.74 Å². The predicted molar refractivity (Wildman–Crippen MR) is 110 cm³/mol. The van der Waals surface area contributed by atoms with Crippen LogP contribution in [0.3, 0.4) is 0 Å². The second-order valence-corrected chi connectivity index (χ2v) is 6.40. The van der Waals surface area contributed by atoms with Crippen LogP contribution in [-0.4, -0.2) is 50.8 Å². The zero-order valence-electron chi connectivity index (χ0n) is 15.6. The molecule has 1 fully saturated rings. The van der Waals surface area contributed by atoms with Gasteiger partial charge in [0.15, 0.2) is 5.96 Å². The fourth-order valence-electron chi connectivity index (χ4n) is 2.36. The van der Waals surface area contributed by atoms with Crippen LogP contribution in [0.2, 0.25) is 0 Å². The molecule has 24 heavy (non-hydrogen) atoms. The molecule has 142 valence electrons. The molecule has 1 amide bonds. The first kappa shape index (κ1) is 23.4. The van der Waals surface area contributed by atoms with Gasteiger partial charge in [0.05, 0.1) is 6.10 Å². The number of halogens is 1. The van der Waals surface area contributed by atoms with E-state index >= 15 is 0 Å². The van der Waals surface area contributed by atoms with Gasteiger partial charge < -0.3 is 20.7 Å². The Balaban J connectivity index is 0.00000529. The zero-order chi connectivity index (χ0) is 17.1. The van der Waals surface area contributed by atoms with Crippen molar-refractivity contribution in [2.24, 2.45) is 10.9 Å². The van der Waals surface area contributed by atoms with Gasteiger partial charge in [-0.3, -0.25) is 9.79 Å². The lowest BCUT2D eigenvalue weighted by Crippen LogP contribution is -2.40. The minimum atomic E-state index is 0. The number of aliphatic imine (C=N–C) groups is 1. The number of carbonyl (C=O) groups is 1. The first-order valence-electron chi connectivity index (χ1n) is 8.92. The van der Waals surface area contributed by atoms with E-state index in [-0.39, 0.29) is 36.0 Å². The number of guanidine groups is 1. The fourth-order valence-corrected chi connectivity index (χ4v) is 2.36. The average molecular weight is 454 g/mol. The van der Waals surface area contributed by atoms with E-state index in [1.165, 1.54) is 0 Å². The summed E-state index contributed by atoms with van der Waals surface area (Å²) in [6.07, 6.45) is 4.89. The molecule has 1 aliphatic rings. The molecule has 0 aromatic carbocycles. The Morgan fingerprint density at radius 2 is 1.92 bits per heavy atom. The van der Waals surface area contributed by atoms with Gasteiger partial charge in [0.1, 0.15) is 0 Å². The number of carbonyl (C=O) groups excluding carboxylic acids is 1. The Morgan fingerprint density at radius 1 is 1.25 bits per heavy atom. The van der Waals surface area contributed by atoms with Crippen LogP contribution in [0.1, 0.15) is 52.9 Å². The van der Waals surface area contributed by atoms with E-state index in [1.807, 2.05) is 6.92 Å². The first-order valence-corrected chi connectivity index (χ1v) is 8.92. The van der Waals surface area contributed by atoms with Crippen molar-refractivity contribution >= 4 is 35.8 Å². The Kier molecular flexibility index (Phi) is 13.4. The van der Waals surface area contributed by atoms with Gasteiger partial charge >= 0.3 is 0 Å². The SMILES string of the molecule is CCOC(CCNC(=NC)NCCCC(=O)NC1CC1)C(C)C.I. The predicted octanol–water partition coefficient (Wildman–Crippen LogP) is 2.28. The second kappa shape index (κ2) is 13.7.